The fraction of sp³-hybridized carbons (Fsp3) is 0.510. The second-order valence-electron chi connectivity index (χ2n) is 16.7. The standard InChI is InChI=1S/C51H66O/c1-3-5-7-9-11-39-13-21-43(22-14-39)47-29-33-49(34-30-47)45-25-17-41(18-26-45)37-51(52)38-42-19-27-46(28-20-42)50-35-31-48(32-36-50)44-23-15-40(16-24-44)12-10-8-6-4-2/h17-20,25-36,39-40,43-44H,3-16,21-24,37-38H2,1-2H3/t39-,40?,43-,44?. The van der Waals surface area contributed by atoms with Gasteiger partial charge in [0, 0.05) is 12.8 Å². The average molecular weight is 695 g/mol. The zero-order valence-corrected chi connectivity index (χ0v) is 32.6. The first-order valence-corrected chi connectivity index (χ1v) is 21.5. The molecule has 1 heteroatoms. The van der Waals surface area contributed by atoms with Gasteiger partial charge in [0.05, 0.1) is 0 Å². The van der Waals surface area contributed by atoms with Crippen LogP contribution in [0.3, 0.4) is 0 Å². The van der Waals surface area contributed by atoms with E-state index in [0.29, 0.717) is 12.8 Å². The van der Waals surface area contributed by atoms with E-state index in [2.05, 4.69) is 111 Å². The molecule has 52 heavy (non-hydrogen) atoms. The number of ketones is 1. The molecule has 2 fully saturated rings. The van der Waals surface area contributed by atoms with Crippen molar-refractivity contribution in [2.75, 3.05) is 0 Å². The van der Waals surface area contributed by atoms with Gasteiger partial charge in [0.25, 0.3) is 0 Å². The van der Waals surface area contributed by atoms with Gasteiger partial charge in [-0.15, -0.1) is 0 Å². The minimum atomic E-state index is 0.264. The first-order valence-electron chi connectivity index (χ1n) is 21.5. The van der Waals surface area contributed by atoms with E-state index in [9.17, 15) is 4.79 Å². The Kier molecular flexibility index (Phi) is 14.8. The Morgan fingerprint density at radius 2 is 0.750 bits per heavy atom. The highest BCUT2D eigenvalue weighted by atomic mass is 16.1. The molecule has 276 valence electrons. The normalized spacial score (nSPS) is 20.5. The van der Waals surface area contributed by atoms with Crippen molar-refractivity contribution in [2.45, 2.75) is 154 Å². The summed E-state index contributed by atoms with van der Waals surface area (Å²) in [5, 5.41) is 0. The van der Waals surface area contributed by atoms with Crippen LogP contribution in [0.2, 0.25) is 0 Å². The lowest BCUT2D eigenvalue weighted by Crippen LogP contribution is -2.13. The number of hydrogen-bond donors (Lipinski definition) is 0. The maximum absolute atomic E-state index is 13.1. The molecule has 0 saturated heterocycles. The van der Waals surface area contributed by atoms with Crippen LogP contribution in [0, 0.1) is 11.8 Å². The van der Waals surface area contributed by atoms with E-state index in [-0.39, 0.29) is 5.78 Å². The molecule has 0 bridgehead atoms. The van der Waals surface area contributed by atoms with Crippen LogP contribution in [0.15, 0.2) is 97.1 Å². The smallest absolute Gasteiger partial charge is 0.141 e. The van der Waals surface area contributed by atoms with E-state index in [0.717, 1.165) is 34.8 Å². The molecule has 0 unspecified atom stereocenters. The highest BCUT2D eigenvalue weighted by Gasteiger charge is 2.23. The molecule has 1 nitrogen and oxygen atoms in total. The summed E-state index contributed by atoms with van der Waals surface area (Å²) in [5.74, 6) is 3.62. The summed E-state index contributed by atoms with van der Waals surface area (Å²) in [4.78, 5) is 13.1. The van der Waals surface area contributed by atoms with Gasteiger partial charge in [0.1, 0.15) is 5.78 Å². The van der Waals surface area contributed by atoms with Gasteiger partial charge < -0.3 is 0 Å². The molecule has 0 heterocycles. The van der Waals surface area contributed by atoms with Crippen LogP contribution in [-0.4, -0.2) is 5.78 Å². The van der Waals surface area contributed by atoms with Crippen LogP contribution in [0.4, 0.5) is 0 Å². The van der Waals surface area contributed by atoms with Crippen LogP contribution >= 0.6 is 0 Å². The van der Waals surface area contributed by atoms with Crippen molar-refractivity contribution < 1.29 is 4.79 Å². The van der Waals surface area contributed by atoms with Crippen molar-refractivity contribution in [3.63, 3.8) is 0 Å². The van der Waals surface area contributed by atoms with Crippen LogP contribution in [0.25, 0.3) is 22.3 Å². The summed E-state index contributed by atoms with van der Waals surface area (Å²) < 4.78 is 0. The van der Waals surface area contributed by atoms with Crippen LogP contribution < -0.4 is 0 Å². The lowest BCUT2D eigenvalue weighted by Gasteiger charge is -2.29. The minimum Gasteiger partial charge on any atom is -0.299 e. The summed E-state index contributed by atoms with van der Waals surface area (Å²) in [7, 11) is 0. The Bertz CT molecular complexity index is 1470. The largest absolute Gasteiger partial charge is 0.299 e. The lowest BCUT2D eigenvalue weighted by molar-refractivity contribution is -0.117. The van der Waals surface area contributed by atoms with E-state index < -0.39 is 0 Å². The topological polar surface area (TPSA) is 17.1 Å². The lowest BCUT2D eigenvalue weighted by atomic mass is 9.77. The van der Waals surface area contributed by atoms with Crippen molar-refractivity contribution in [1.29, 1.82) is 0 Å². The molecule has 0 atom stereocenters. The summed E-state index contributed by atoms with van der Waals surface area (Å²) in [6.45, 7) is 4.60. The third-order valence-corrected chi connectivity index (χ3v) is 12.8. The van der Waals surface area contributed by atoms with Crippen molar-refractivity contribution >= 4 is 5.78 Å². The van der Waals surface area contributed by atoms with Crippen LogP contribution in [-0.2, 0) is 17.6 Å². The third-order valence-electron chi connectivity index (χ3n) is 12.8. The zero-order valence-electron chi connectivity index (χ0n) is 32.6. The van der Waals surface area contributed by atoms with E-state index in [4.69, 9.17) is 0 Å². The second-order valence-corrected chi connectivity index (χ2v) is 16.7. The van der Waals surface area contributed by atoms with Gasteiger partial charge in [-0.1, -0.05) is 175 Å². The molecular formula is C51H66O. The monoisotopic (exact) mass is 695 g/mol. The van der Waals surface area contributed by atoms with Crippen molar-refractivity contribution in [3.8, 4) is 22.3 Å². The Labute approximate surface area is 317 Å². The number of rotatable bonds is 18. The van der Waals surface area contributed by atoms with Gasteiger partial charge in [0.2, 0.25) is 0 Å². The predicted octanol–water partition coefficient (Wildman–Crippen LogP) is 14.9. The average Bonchev–Trinajstić information content (AvgIpc) is 3.19. The van der Waals surface area contributed by atoms with E-state index in [1.807, 2.05) is 0 Å². The first kappa shape index (κ1) is 38.3. The first-order chi connectivity index (χ1) is 25.6. The van der Waals surface area contributed by atoms with Crippen molar-refractivity contribution in [3.05, 3.63) is 119 Å². The number of carbonyl (C=O) groups is 1. The maximum Gasteiger partial charge on any atom is 0.141 e. The molecule has 0 aromatic heterocycles. The van der Waals surface area contributed by atoms with Gasteiger partial charge in [-0.3, -0.25) is 4.79 Å². The highest BCUT2D eigenvalue weighted by molar-refractivity contribution is 5.83. The number of unbranched alkanes of at least 4 members (excludes halogenated alkanes) is 6. The number of benzene rings is 4. The summed E-state index contributed by atoms with van der Waals surface area (Å²) >= 11 is 0. The molecule has 0 amide bonds. The second kappa shape index (κ2) is 20.1. The summed E-state index contributed by atoms with van der Waals surface area (Å²) in [6, 6.07) is 35.9. The number of carbonyl (C=O) groups excluding carboxylic acids is 1. The van der Waals surface area contributed by atoms with Gasteiger partial charge >= 0.3 is 0 Å². The quantitative estimate of drug-likeness (QED) is 0.0948. The van der Waals surface area contributed by atoms with Gasteiger partial charge in [-0.05, 0) is 120 Å². The van der Waals surface area contributed by atoms with E-state index in [1.165, 1.54) is 149 Å². The van der Waals surface area contributed by atoms with E-state index >= 15 is 0 Å². The molecule has 0 N–H and O–H groups in total. The van der Waals surface area contributed by atoms with Crippen LogP contribution in [0.5, 0.6) is 0 Å². The van der Waals surface area contributed by atoms with Gasteiger partial charge in [0.15, 0.2) is 0 Å². The Morgan fingerprint density at radius 3 is 1.08 bits per heavy atom. The molecule has 2 saturated carbocycles. The number of hydrogen-bond acceptors (Lipinski definition) is 1. The number of Topliss-reactive ketones (excluding diaryl/α,β-unsaturated/α-hetero) is 1. The molecule has 2 aliphatic rings. The third kappa shape index (κ3) is 11.3. The highest BCUT2D eigenvalue weighted by Crippen LogP contribution is 2.40. The Morgan fingerprint density at radius 1 is 0.423 bits per heavy atom. The van der Waals surface area contributed by atoms with Crippen molar-refractivity contribution in [2.24, 2.45) is 11.8 Å². The fourth-order valence-electron chi connectivity index (χ4n) is 9.33. The fourth-order valence-corrected chi connectivity index (χ4v) is 9.33. The predicted molar refractivity (Wildman–Crippen MR) is 223 cm³/mol. The van der Waals surface area contributed by atoms with E-state index in [1.54, 1.807) is 0 Å². The Balaban J connectivity index is 0.925. The molecule has 0 radical (unpaired) electrons. The molecule has 0 spiro atoms. The van der Waals surface area contributed by atoms with Crippen LogP contribution in [0.1, 0.15) is 164 Å². The summed E-state index contributed by atoms with van der Waals surface area (Å²) in [6.07, 6.45) is 26.0. The molecule has 6 rings (SSSR count). The minimum absolute atomic E-state index is 0.264. The zero-order chi connectivity index (χ0) is 36.0. The molecule has 4 aromatic carbocycles. The maximum atomic E-state index is 13.1. The van der Waals surface area contributed by atoms with Gasteiger partial charge in [-0.2, -0.15) is 0 Å². The molecular weight excluding hydrogens is 629 g/mol. The molecule has 4 aromatic rings. The Hall–Kier alpha value is -3.45. The summed E-state index contributed by atoms with van der Waals surface area (Å²) in [5.41, 5.74) is 10.2. The molecule has 2 aliphatic carbocycles. The molecule has 0 aliphatic heterocycles. The van der Waals surface area contributed by atoms with Crippen molar-refractivity contribution in [1.82, 2.24) is 0 Å². The SMILES string of the molecule is CCCCCCC1CCC(c2ccc(-c3ccc(CC(=O)Cc4ccc(-c5ccc([C@H]6CC[C@H](CCCCCC)CC6)cc5)cc4)cc3)cc2)CC1. The van der Waals surface area contributed by atoms with Gasteiger partial charge in [-0.25, -0.2) is 0 Å².